The van der Waals surface area contributed by atoms with E-state index in [0.717, 1.165) is 11.3 Å². The minimum absolute atomic E-state index is 0.218. The first kappa shape index (κ1) is 12.3. The summed E-state index contributed by atoms with van der Waals surface area (Å²) in [5, 5.41) is 13.6. The van der Waals surface area contributed by atoms with Crippen molar-refractivity contribution < 1.29 is 5.11 Å². The molecule has 1 saturated carbocycles. The van der Waals surface area contributed by atoms with Crippen LogP contribution >= 0.6 is 0 Å². The number of aryl methyl sites for hydroxylation is 1. The summed E-state index contributed by atoms with van der Waals surface area (Å²) >= 11 is 0. The van der Waals surface area contributed by atoms with E-state index >= 15 is 0 Å². The highest BCUT2D eigenvalue weighted by Crippen LogP contribution is 2.31. The van der Waals surface area contributed by atoms with Crippen LogP contribution in [0.15, 0.2) is 12.1 Å². The molecule has 0 saturated heterocycles. The molecule has 4 N–H and O–H groups in total. The smallest absolute Gasteiger partial charge is 0.123 e. The second-order valence-electron chi connectivity index (χ2n) is 5.22. The van der Waals surface area contributed by atoms with Crippen molar-refractivity contribution in [1.29, 1.82) is 0 Å². The first-order valence-electron chi connectivity index (χ1n) is 6.16. The second kappa shape index (κ2) is 4.63. The number of nitrogens with zero attached hydrogens (tertiary/aromatic N) is 1. The van der Waals surface area contributed by atoms with Crippen LogP contribution in [0.5, 0.6) is 0 Å². The first-order chi connectivity index (χ1) is 8.00. The summed E-state index contributed by atoms with van der Waals surface area (Å²) in [5.41, 5.74) is 7.47. The molecule has 1 heterocycles. The van der Waals surface area contributed by atoms with Gasteiger partial charge in [-0.3, -0.25) is 0 Å². The topological polar surface area (TPSA) is 71.2 Å². The van der Waals surface area contributed by atoms with Crippen LogP contribution in [-0.4, -0.2) is 22.2 Å². The summed E-state index contributed by atoms with van der Waals surface area (Å²) in [6, 6.07) is 3.59. The Bertz CT molecular complexity index is 402. The molecule has 1 fully saturated rings. The molecule has 1 aromatic rings. The lowest BCUT2D eigenvalue weighted by Gasteiger charge is -2.40. The minimum Gasteiger partial charge on any atom is -0.387 e. The zero-order valence-corrected chi connectivity index (χ0v) is 10.5. The molecule has 1 aromatic heterocycles. The summed E-state index contributed by atoms with van der Waals surface area (Å²) in [6.45, 7) is 4.65. The van der Waals surface area contributed by atoms with Gasteiger partial charge in [-0.25, -0.2) is 4.98 Å². The highest BCUT2D eigenvalue weighted by molar-refractivity contribution is 5.34. The number of β-amino-alcohol motifs (C(OH)–C–C–N with tert-alkyl or cyclic N) is 1. The van der Waals surface area contributed by atoms with Crippen molar-refractivity contribution in [2.75, 3.05) is 12.3 Å². The lowest BCUT2D eigenvalue weighted by atomic mass is 9.78. The fourth-order valence-corrected chi connectivity index (χ4v) is 2.28. The maximum Gasteiger partial charge on any atom is 0.123 e. The maximum absolute atomic E-state index is 10.1. The third-order valence-corrected chi connectivity index (χ3v) is 3.69. The SMILES string of the molecule is Cc1nc(N)ccc1[C@@H](O)CNC1(C)CCC1. The van der Waals surface area contributed by atoms with E-state index in [0.29, 0.717) is 12.4 Å². The molecule has 1 atom stereocenters. The summed E-state index contributed by atoms with van der Waals surface area (Å²) in [4.78, 5) is 4.16. The van der Waals surface area contributed by atoms with E-state index in [4.69, 9.17) is 5.73 Å². The Hall–Kier alpha value is -1.13. The molecule has 2 rings (SSSR count). The third kappa shape index (κ3) is 2.76. The quantitative estimate of drug-likeness (QED) is 0.740. The van der Waals surface area contributed by atoms with E-state index in [1.807, 2.05) is 13.0 Å². The number of aliphatic hydroxyl groups is 1. The van der Waals surface area contributed by atoms with E-state index in [2.05, 4.69) is 17.2 Å². The highest BCUT2D eigenvalue weighted by Gasteiger charge is 2.31. The second-order valence-corrected chi connectivity index (χ2v) is 5.22. The molecule has 0 bridgehead atoms. The van der Waals surface area contributed by atoms with Gasteiger partial charge in [0.15, 0.2) is 0 Å². The van der Waals surface area contributed by atoms with Crippen molar-refractivity contribution in [3.8, 4) is 0 Å². The average molecular weight is 235 g/mol. The summed E-state index contributed by atoms with van der Waals surface area (Å²) in [7, 11) is 0. The number of aromatic nitrogens is 1. The molecule has 0 aliphatic heterocycles. The van der Waals surface area contributed by atoms with Crippen molar-refractivity contribution in [3.63, 3.8) is 0 Å². The number of aliphatic hydroxyl groups excluding tert-OH is 1. The van der Waals surface area contributed by atoms with Crippen molar-refractivity contribution in [2.24, 2.45) is 0 Å². The number of rotatable bonds is 4. The molecule has 0 spiro atoms. The van der Waals surface area contributed by atoms with Crippen molar-refractivity contribution in [2.45, 2.75) is 44.8 Å². The standard InChI is InChI=1S/C13H21N3O/c1-9-10(4-5-12(14)16-9)11(17)8-15-13(2)6-3-7-13/h4-5,11,15,17H,3,6-8H2,1-2H3,(H2,14,16)/t11-/m0/s1. The lowest BCUT2D eigenvalue weighted by molar-refractivity contribution is 0.131. The number of hydrogen-bond acceptors (Lipinski definition) is 4. The van der Waals surface area contributed by atoms with Gasteiger partial charge in [-0.2, -0.15) is 0 Å². The first-order valence-corrected chi connectivity index (χ1v) is 6.16. The maximum atomic E-state index is 10.1. The lowest BCUT2D eigenvalue weighted by Crippen LogP contribution is -2.49. The monoisotopic (exact) mass is 235 g/mol. The molecule has 94 valence electrons. The molecule has 0 aromatic carbocycles. The van der Waals surface area contributed by atoms with E-state index in [1.165, 1.54) is 19.3 Å². The van der Waals surface area contributed by atoms with Crippen molar-refractivity contribution >= 4 is 5.82 Å². The van der Waals surface area contributed by atoms with Crippen LogP contribution in [0.25, 0.3) is 0 Å². The van der Waals surface area contributed by atoms with Gasteiger partial charge < -0.3 is 16.2 Å². The molecule has 1 aliphatic rings. The van der Waals surface area contributed by atoms with Crippen LogP contribution in [0.4, 0.5) is 5.82 Å². The van der Waals surface area contributed by atoms with Gasteiger partial charge in [0.2, 0.25) is 0 Å². The van der Waals surface area contributed by atoms with Gasteiger partial charge in [0.1, 0.15) is 5.82 Å². The summed E-state index contributed by atoms with van der Waals surface area (Å²) in [5.74, 6) is 0.498. The van der Waals surface area contributed by atoms with Crippen LogP contribution < -0.4 is 11.1 Å². The van der Waals surface area contributed by atoms with Gasteiger partial charge in [0, 0.05) is 23.3 Å². The predicted octanol–water partition coefficient (Wildman–Crippen LogP) is 1.54. The Morgan fingerprint density at radius 2 is 2.24 bits per heavy atom. The van der Waals surface area contributed by atoms with Gasteiger partial charge >= 0.3 is 0 Å². The Labute approximate surface area is 102 Å². The zero-order valence-electron chi connectivity index (χ0n) is 10.5. The normalized spacial score (nSPS) is 19.7. The fourth-order valence-electron chi connectivity index (χ4n) is 2.28. The van der Waals surface area contributed by atoms with Crippen LogP contribution in [0.1, 0.15) is 43.5 Å². The van der Waals surface area contributed by atoms with Gasteiger partial charge in [-0.05, 0) is 39.2 Å². The molecule has 0 radical (unpaired) electrons. The largest absolute Gasteiger partial charge is 0.387 e. The number of anilines is 1. The molecule has 4 nitrogen and oxygen atoms in total. The molecular formula is C13H21N3O. The number of nitrogen functional groups attached to an aromatic ring is 1. The molecular weight excluding hydrogens is 214 g/mol. The van der Waals surface area contributed by atoms with E-state index in [-0.39, 0.29) is 5.54 Å². The Balaban J connectivity index is 1.96. The fraction of sp³-hybridized carbons (Fsp3) is 0.615. The van der Waals surface area contributed by atoms with Gasteiger partial charge in [0.05, 0.1) is 6.10 Å². The molecule has 0 amide bonds. The number of pyridine rings is 1. The van der Waals surface area contributed by atoms with E-state index < -0.39 is 6.10 Å². The minimum atomic E-state index is -0.513. The molecule has 0 unspecified atom stereocenters. The third-order valence-electron chi connectivity index (χ3n) is 3.69. The molecule has 1 aliphatic carbocycles. The van der Waals surface area contributed by atoms with Crippen LogP contribution in [0.3, 0.4) is 0 Å². The zero-order chi connectivity index (χ0) is 12.5. The van der Waals surface area contributed by atoms with Gasteiger partial charge in [-0.15, -0.1) is 0 Å². The Kier molecular flexibility index (Phi) is 3.35. The average Bonchev–Trinajstić information content (AvgIpc) is 2.23. The summed E-state index contributed by atoms with van der Waals surface area (Å²) in [6.07, 6.45) is 3.15. The molecule has 17 heavy (non-hydrogen) atoms. The van der Waals surface area contributed by atoms with Crippen molar-refractivity contribution in [1.82, 2.24) is 10.3 Å². The van der Waals surface area contributed by atoms with Crippen LogP contribution in [0, 0.1) is 6.92 Å². The highest BCUT2D eigenvalue weighted by atomic mass is 16.3. The van der Waals surface area contributed by atoms with Gasteiger partial charge in [0.25, 0.3) is 0 Å². The van der Waals surface area contributed by atoms with Crippen LogP contribution in [-0.2, 0) is 0 Å². The number of nitrogens with two attached hydrogens (primary N) is 1. The van der Waals surface area contributed by atoms with Crippen molar-refractivity contribution in [3.05, 3.63) is 23.4 Å². The number of hydrogen-bond donors (Lipinski definition) is 3. The molecule has 4 heteroatoms. The Morgan fingerprint density at radius 1 is 1.53 bits per heavy atom. The van der Waals surface area contributed by atoms with Gasteiger partial charge in [-0.1, -0.05) is 6.07 Å². The van der Waals surface area contributed by atoms with E-state index in [9.17, 15) is 5.11 Å². The van der Waals surface area contributed by atoms with Crippen LogP contribution in [0.2, 0.25) is 0 Å². The Morgan fingerprint density at radius 3 is 2.76 bits per heavy atom. The predicted molar refractivity (Wildman–Crippen MR) is 68.6 cm³/mol. The number of nitrogens with one attached hydrogen (secondary N) is 1. The van der Waals surface area contributed by atoms with E-state index in [1.54, 1.807) is 6.07 Å². The summed E-state index contributed by atoms with van der Waals surface area (Å²) < 4.78 is 0.